The van der Waals surface area contributed by atoms with Gasteiger partial charge in [0.25, 0.3) is 0 Å². The summed E-state index contributed by atoms with van der Waals surface area (Å²) in [6, 6.07) is 14.1. The van der Waals surface area contributed by atoms with Crippen LogP contribution in [0.15, 0.2) is 48.5 Å². The number of halogens is 3. The molecule has 0 aliphatic carbocycles. The van der Waals surface area contributed by atoms with Gasteiger partial charge in [0, 0.05) is 12.1 Å². The van der Waals surface area contributed by atoms with Gasteiger partial charge in [0.15, 0.2) is 0 Å². The maximum atomic E-state index is 13.3. The van der Waals surface area contributed by atoms with E-state index in [4.69, 9.17) is 4.74 Å². The molecule has 0 saturated heterocycles. The van der Waals surface area contributed by atoms with Crippen LogP contribution in [0.25, 0.3) is 0 Å². The van der Waals surface area contributed by atoms with Crippen molar-refractivity contribution in [2.24, 2.45) is 11.8 Å². The fourth-order valence-corrected chi connectivity index (χ4v) is 4.64. The standard InChI is InChI=1S/C27H34F3NO2/c1-4-5-11-25(32)33-17-18(2)12-14-22-19(3)23-16-21(27(28,29)30)13-15-24(23)31-26(22)20-9-7-6-8-10-20/h6-10,13,15-16,18-19,22,26,31H,4-5,11-12,14,17H2,1-3H3/t18-,19-,22+,26+/m0/s1. The average Bonchev–Trinajstić information content (AvgIpc) is 2.80. The summed E-state index contributed by atoms with van der Waals surface area (Å²) in [4.78, 5) is 11.8. The molecule has 4 atom stereocenters. The van der Waals surface area contributed by atoms with E-state index in [1.54, 1.807) is 6.07 Å². The third-order valence-electron chi connectivity index (χ3n) is 6.67. The Hall–Kier alpha value is -2.50. The number of hydrogen-bond donors (Lipinski definition) is 1. The molecule has 33 heavy (non-hydrogen) atoms. The molecule has 0 saturated carbocycles. The van der Waals surface area contributed by atoms with Gasteiger partial charge in [0.05, 0.1) is 18.2 Å². The Kier molecular flexibility index (Phi) is 8.44. The minimum Gasteiger partial charge on any atom is -0.465 e. The fourth-order valence-electron chi connectivity index (χ4n) is 4.64. The summed E-state index contributed by atoms with van der Waals surface area (Å²) in [6.45, 7) is 6.49. The predicted octanol–water partition coefficient (Wildman–Crippen LogP) is 7.74. The zero-order chi connectivity index (χ0) is 24.0. The summed E-state index contributed by atoms with van der Waals surface area (Å²) >= 11 is 0. The van der Waals surface area contributed by atoms with Crippen molar-refractivity contribution in [1.82, 2.24) is 0 Å². The second kappa shape index (κ2) is 11.1. The quantitative estimate of drug-likeness (QED) is 0.388. The number of carbonyl (C=O) groups is 1. The monoisotopic (exact) mass is 461 g/mol. The van der Waals surface area contributed by atoms with Crippen LogP contribution in [0.5, 0.6) is 0 Å². The molecular formula is C27H34F3NO2. The van der Waals surface area contributed by atoms with E-state index in [-0.39, 0.29) is 29.8 Å². The first-order valence-corrected chi connectivity index (χ1v) is 11.9. The van der Waals surface area contributed by atoms with E-state index in [1.165, 1.54) is 6.07 Å². The lowest BCUT2D eigenvalue weighted by atomic mass is 9.73. The molecule has 0 fully saturated rings. The second-order valence-electron chi connectivity index (χ2n) is 9.25. The first kappa shape index (κ1) is 25.1. The van der Waals surface area contributed by atoms with Crippen LogP contribution in [0.3, 0.4) is 0 Å². The van der Waals surface area contributed by atoms with Gasteiger partial charge in [-0.2, -0.15) is 13.2 Å². The number of nitrogens with one attached hydrogen (secondary N) is 1. The Morgan fingerprint density at radius 1 is 1.15 bits per heavy atom. The molecular weight excluding hydrogens is 427 g/mol. The lowest BCUT2D eigenvalue weighted by Crippen LogP contribution is -2.31. The van der Waals surface area contributed by atoms with Gasteiger partial charge in [-0.25, -0.2) is 0 Å². The van der Waals surface area contributed by atoms with E-state index in [2.05, 4.69) is 24.4 Å². The molecule has 180 valence electrons. The molecule has 0 radical (unpaired) electrons. The highest BCUT2D eigenvalue weighted by Gasteiger charge is 2.37. The molecule has 2 aromatic carbocycles. The number of hydrogen-bond acceptors (Lipinski definition) is 3. The molecule has 0 aromatic heterocycles. The van der Waals surface area contributed by atoms with Crippen molar-refractivity contribution < 1.29 is 22.7 Å². The average molecular weight is 462 g/mol. The van der Waals surface area contributed by atoms with Gasteiger partial charge in [-0.1, -0.05) is 57.5 Å². The Bertz CT molecular complexity index is 913. The number of anilines is 1. The van der Waals surface area contributed by atoms with Gasteiger partial charge in [-0.05, 0) is 66.3 Å². The van der Waals surface area contributed by atoms with Crippen molar-refractivity contribution in [3.8, 4) is 0 Å². The number of rotatable bonds is 9. The van der Waals surface area contributed by atoms with Gasteiger partial charge in [0.1, 0.15) is 0 Å². The zero-order valence-electron chi connectivity index (χ0n) is 19.6. The number of unbranched alkanes of at least 4 members (excludes halogenated alkanes) is 1. The van der Waals surface area contributed by atoms with E-state index in [0.717, 1.165) is 43.0 Å². The fraction of sp³-hybridized carbons (Fsp3) is 0.519. The lowest BCUT2D eigenvalue weighted by Gasteiger charge is -2.40. The second-order valence-corrected chi connectivity index (χ2v) is 9.25. The van der Waals surface area contributed by atoms with Crippen molar-refractivity contribution in [3.05, 3.63) is 65.2 Å². The highest BCUT2D eigenvalue weighted by atomic mass is 19.4. The van der Waals surface area contributed by atoms with Gasteiger partial charge >= 0.3 is 12.1 Å². The highest BCUT2D eigenvalue weighted by Crippen LogP contribution is 2.48. The van der Waals surface area contributed by atoms with Crippen molar-refractivity contribution in [3.63, 3.8) is 0 Å². The number of carbonyl (C=O) groups excluding carboxylic acids is 1. The smallest absolute Gasteiger partial charge is 0.416 e. The summed E-state index contributed by atoms with van der Waals surface area (Å²) in [5.74, 6) is 0.0870. The molecule has 1 heterocycles. The van der Waals surface area contributed by atoms with E-state index in [9.17, 15) is 18.0 Å². The SMILES string of the molecule is CCCCC(=O)OC[C@@H](C)CC[C@@H]1[C@H](C)c2cc(C(F)(F)F)ccc2N[C@@H]1c1ccccc1. The number of fused-ring (bicyclic) bond motifs is 1. The minimum atomic E-state index is -4.36. The largest absolute Gasteiger partial charge is 0.465 e. The topological polar surface area (TPSA) is 38.3 Å². The molecule has 0 unspecified atom stereocenters. The van der Waals surface area contributed by atoms with Crippen LogP contribution in [0, 0.1) is 11.8 Å². The number of esters is 1. The van der Waals surface area contributed by atoms with E-state index in [0.29, 0.717) is 18.6 Å². The summed E-state index contributed by atoms with van der Waals surface area (Å²) in [5, 5.41) is 3.52. The van der Waals surface area contributed by atoms with Crippen molar-refractivity contribution in [1.29, 1.82) is 0 Å². The van der Waals surface area contributed by atoms with Crippen molar-refractivity contribution in [2.45, 2.75) is 71.0 Å². The first-order valence-electron chi connectivity index (χ1n) is 11.9. The molecule has 1 aliphatic heterocycles. The Morgan fingerprint density at radius 2 is 1.88 bits per heavy atom. The van der Waals surface area contributed by atoms with E-state index >= 15 is 0 Å². The predicted molar refractivity (Wildman–Crippen MR) is 125 cm³/mol. The molecule has 0 spiro atoms. The molecule has 0 amide bonds. The molecule has 3 nitrogen and oxygen atoms in total. The van der Waals surface area contributed by atoms with Gasteiger partial charge in [-0.15, -0.1) is 0 Å². The molecule has 1 aliphatic rings. The van der Waals surface area contributed by atoms with Crippen molar-refractivity contribution >= 4 is 11.7 Å². The molecule has 3 rings (SSSR count). The number of benzene rings is 2. The summed E-state index contributed by atoms with van der Waals surface area (Å²) in [6.07, 6.45) is -0.490. The van der Waals surface area contributed by atoms with Gasteiger partial charge in [-0.3, -0.25) is 4.79 Å². The first-order chi connectivity index (χ1) is 15.7. The zero-order valence-corrected chi connectivity index (χ0v) is 19.6. The van der Waals surface area contributed by atoms with E-state index < -0.39 is 11.7 Å². The summed E-state index contributed by atoms with van der Waals surface area (Å²) < 4.78 is 45.4. The normalized spacial score (nSPS) is 21.1. The summed E-state index contributed by atoms with van der Waals surface area (Å²) in [7, 11) is 0. The maximum absolute atomic E-state index is 13.3. The third kappa shape index (κ3) is 6.52. The molecule has 1 N–H and O–H groups in total. The van der Waals surface area contributed by atoms with Crippen LogP contribution in [0.1, 0.15) is 81.5 Å². The van der Waals surface area contributed by atoms with Crippen LogP contribution < -0.4 is 5.32 Å². The highest BCUT2D eigenvalue weighted by molar-refractivity contribution is 5.69. The Balaban J connectivity index is 1.76. The van der Waals surface area contributed by atoms with E-state index in [1.807, 2.05) is 32.0 Å². The maximum Gasteiger partial charge on any atom is 0.416 e. The third-order valence-corrected chi connectivity index (χ3v) is 6.67. The Morgan fingerprint density at radius 3 is 2.55 bits per heavy atom. The lowest BCUT2D eigenvalue weighted by molar-refractivity contribution is -0.145. The number of alkyl halides is 3. The minimum absolute atomic E-state index is 0.00439. The number of ether oxygens (including phenoxy) is 1. The van der Waals surface area contributed by atoms with Crippen LogP contribution in [-0.2, 0) is 15.7 Å². The molecule has 0 bridgehead atoms. The van der Waals surface area contributed by atoms with Crippen LogP contribution >= 0.6 is 0 Å². The van der Waals surface area contributed by atoms with Crippen LogP contribution in [0.4, 0.5) is 18.9 Å². The van der Waals surface area contributed by atoms with Crippen LogP contribution in [0.2, 0.25) is 0 Å². The van der Waals surface area contributed by atoms with Gasteiger partial charge < -0.3 is 10.1 Å². The van der Waals surface area contributed by atoms with Crippen molar-refractivity contribution in [2.75, 3.05) is 11.9 Å². The summed E-state index contributed by atoms with van der Waals surface area (Å²) in [5.41, 5.74) is 1.98. The molecule has 2 aromatic rings. The Labute approximate surface area is 194 Å². The van der Waals surface area contributed by atoms with Crippen LogP contribution in [-0.4, -0.2) is 12.6 Å². The van der Waals surface area contributed by atoms with Gasteiger partial charge in [0.2, 0.25) is 0 Å². The molecule has 6 heteroatoms.